The topological polar surface area (TPSA) is 0 Å². The lowest BCUT2D eigenvalue weighted by atomic mass is 10.1. The van der Waals surface area contributed by atoms with Gasteiger partial charge in [-0.25, -0.2) is 0 Å². The Morgan fingerprint density at radius 2 is 0.882 bits per heavy atom. The van der Waals surface area contributed by atoms with Gasteiger partial charge in [-0.05, 0) is 59.6 Å². The third-order valence-corrected chi connectivity index (χ3v) is 24.2. The summed E-state index contributed by atoms with van der Waals surface area (Å²) >= 11 is 4.43. The Kier molecular flexibility index (Phi) is 21.8. The second-order valence-corrected chi connectivity index (χ2v) is 23.3. The summed E-state index contributed by atoms with van der Waals surface area (Å²) in [6.07, 6.45) is 31.9. The van der Waals surface area contributed by atoms with Gasteiger partial charge in [0.1, 0.15) is 6.31 Å². The lowest BCUT2D eigenvalue weighted by Gasteiger charge is -2.32. The first-order valence-electron chi connectivity index (χ1n) is 15.0. The van der Waals surface area contributed by atoms with Gasteiger partial charge >= 0.3 is 0 Å². The summed E-state index contributed by atoms with van der Waals surface area (Å²) in [7, 11) is 0. The van der Waals surface area contributed by atoms with Crippen LogP contribution >= 0.6 is 28.8 Å². The van der Waals surface area contributed by atoms with Crippen LogP contribution in [-0.4, -0.2) is 18.5 Å². The van der Waals surface area contributed by atoms with Crippen LogP contribution in [0.15, 0.2) is 30.3 Å². The molecule has 1 aromatic rings. The summed E-state index contributed by atoms with van der Waals surface area (Å²) in [5.74, 6) is 0. The molecule has 0 aliphatic rings. The fourth-order valence-corrected chi connectivity index (χ4v) is 19.4. The van der Waals surface area contributed by atoms with Gasteiger partial charge in [0.2, 0.25) is 0 Å². The smallest absolute Gasteiger partial charge is 0.0654 e. The standard InChI is InChI=1S/C31H58BrP2/c1-4-7-10-13-16-22-27-34(28-23-17-14-11-8-5-2,29-24-18-15-12-9-6-3)33(32)30-31-25-20-19-21-26-31/h19-21,25-26H,4-18,22-24,27-30H2,1-3H3/q+1. The van der Waals surface area contributed by atoms with Crippen LogP contribution in [0.1, 0.15) is 142 Å². The molecule has 0 saturated heterocycles. The van der Waals surface area contributed by atoms with Gasteiger partial charge in [0.25, 0.3) is 0 Å². The molecule has 3 heteroatoms. The van der Waals surface area contributed by atoms with Gasteiger partial charge in [0.15, 0.2) is 0 Å². The van der Waals surface area contributed by atoms with Gasteiger partial charge in [0, 0.05) is 13.1 Å². The quantitative estimate of drug-likeness (QED) is 0.0854. The molecule has 198 valence electrons. The van der Waals surface area contributed by atoms with Gasteiger partial charge in [-0.15, -0.1) is 0 Å². The number of halogens is 1. The molecule has 0 nitrogen and oxygen atoms in total. The molecular weight excluding hydrogens is 514 g/mol. The van der Waals surface area contributed by atoms with Crippen molar-refractivity contribution in [3.05, 3.63) is 35.9 Å². The Morgan fingerprint density at radius 3 is 1.26 bits per heavy atom. The summed E-state index contributed by atoms with van der Waals surface area (Å²) in [5.41, 5.74) is 1.56. The molecule has 1 unspecified atom stereocenters. The molecule has 1 aromatic carbocycles. The molecule has 0 bridgehead atoms. The van der Waals surface area contributed by atoms with E-state index in [1.165, 1.54) is 122 Å². The SMILES string of the molecule is CCCCCCCC[P+](CCCCCCCC)(CCCCCCCC)P(Br)Cc1ccccc1. The molecule has 0 heterocycles. The Morgan fingerprint density at radius 1 is 0.529 bits per heavy atom. The second kappa shape index (κ2) is 22.7. The summed E-state index contributed by atoms with van der Waals surface area (Å²) in [6, 6.07) is 11.4. The molecule has 0 amide bonds. The molecule has 34 heavy (non-hydrogen) atoms. The monoisotopic (exact) mass is 571 g/mol. The predicted octanol–water partition coefficient (Wildman–Crippen LogP) is 13.0. The normalized spacial score (nSPS) is 12.8. The van der Waals surface area contributed by atoms with Crippen molar-refractivity contribution in [1.82, 2.24) is 0 Å². The zero-order valence-corrected chi connectivity index (χ0v) is 26.6. The maximum absolute atomic E-state index is 4.43. The van der Waals surface area contributed by atoms with Crippen LogP contribution in [0.4, 0.5) is 0 Å². The van der Waals surface area contributed by atoms with Crippen molar-refractivity contribution < 1.29 is 0 Å². The number of unbranched alkanes of at least 4 members (excludes halogenated alkanes) is 15. The van der Waals surface area contributed by atoms with E-state index >= 15 is 0 Å². The van der Waals surface area contributed by atoms with Crippen LogP contribution in [0.25, 0.3) is 0 Å². The third-order valence-electron chi connectivity index (χ3n) is 7.40. The van der Waals surface area contributed by atoms with Crippen molar-refractivity contribution in [2.24, 2.45) is 0 Å². The summed E-state index contributed by atoms with van der Waals surface area (Å²) < 4.78 is 0. The van der Waals surface area contributed by atoms with Crippen molar-refractivity contribution in [2.75, 3.05) is 18.5 Å². The zero-order valence-electron chi connectivity index (χ0n) is 23.2. The Balaban J connectivity index is 2.80. The Bertz CT molecular complexity index is 507. The van der Waals surface area contributed by atoms with Gasteiger partial charge in [-0.2, -0.15) is 0 Å². The van der Waals surface area contributed by atoms with Gasteiger partial charge in [-0.3, -0.25) is 0 Å². The van der Waals surface area contributed by atoms with E-state index in [1.807, 2.05) is 0 Å². The van der Waals surface area contributed by atoms with Crippen LogP contribution in [0.2, 0.25) is 0 Å². The van der Waals surface area contributed by atoms with E-state index in [0.29, 0.717) is 0 Å². The summed E-state index contributed by atoms with van der Waals surface area (Å²) in [4.78, 5) is 0. The molecule has 0 aromatic heterocycles. The molecule has 0 fully saturated rings. The van der Waals surface area contributed by atoms with E-state index < -0.39 is 6.95 Å². The van der Waals surface area contributed by atoms with Gasteiger partial charge < -0.3 is 0 Å². The highest BCUT2D eigenvalue weighted by molar-refractivity contribution is 9.45. The maximum atomic E-state index is 4.43. The first-order chi connectivity index (χ1) is 16.7. The highest BCUT2D eigenvalue weighted by Crippen LogP contribution is 2.89. The van der Waals surface area contributed by atoms with Crippen LogP contribution in [-0.2, 0) is 6.16 Å². The van der Waals surface area contributed by atoms with E-state index in [9.17, 15) is 0 Å². The molecule has 0 radical (unpaired) electrons. The number of benzene rings is 1. The second-order valence-electron chi connectivity index (χ2n) is 10.5. The molecule has 0 aliphatic heterocycles. The number of hydrogen-bond donors (Lipinski definition) is 0. The van der Waals surface area contributed by atoms with Crippen molar-refractivity contribution in [2.45, 2.75) is 143 Å². The summed E-state index contributed by atoms with van der Waals surface area (Å²) in [6.45, 7) is 6.06. The largest absolute Gasteiger partial charge is 0.129 e. The summed E-state index contributed by atoms with van der Waals surface area (Å²) in [5, 5.41) is 0. The minimum absolute atomic E-state index is 0.0637. The fourth-order valence-electron chi connectivity index (χ4n) is 5.10. The predicted molar refractivity (Wildman–Crippen MR) is 168 cm³/mol. The first-order valence-corrected chi connectivity index (χ1v) is 21.6. The van der Waals surface area contributed by atoms with E-state index in [2.05, 4.69) is 66.6 Å². The van der Waals surface area contributed by atoms with E-state index in [-0.39, 0.29) is 6.31 Å². The van der Waals surface area contributed by atoms with Crippen LogP contribution in [0.5, 0.6) is 0 Å². The van der Waals surface area contributed by atoms with Crippen molar-refractivity contribution in [3.63, 3.8) is 0 Å². The molecule has 1 rings (SSSR count). The molecule has 0 N–H and O–H groups in total. The van der Waals surface area contributed by atoms with Crippen molar-refractivity contribution >= 4 is 28.8 Å². The van der Waals surface area contributed by atoms with Gasteiger partial charge in [-0.1, -0.05) is 128 Å². The van der Waals surface area contributed by atoms with Crippen LogP contribution in [0.3, 0.4) is 0 Å². The fraction of sp³-hybridized carbons (Fsp3) is 0.806. The minimum Gasteiger partial charge on any atom is -0.0654 e. The van der Waals surface area contributed by atoms with Gasteiger partial charge in [0.05, 0.1) is 18.5 Å². The van der Waals surface area contributed by atoms with Crippen molar-refractivity contribution in [1.29, 1.82) is 0 Å². The van der Waals surface area contributed by atoms with Crippen LogP contribution < -0.4 is 0 Å². The van der Waals surface area contributed by atoms with Crippen LogP contribution in [0, 0.1) is 0 Å². The van der Waals surface area contributed by atoms with E-state index in [4.69, 9.17) is 0 Å². The van der Waals surface area contributed by atoms with E-state index in [1.54, 1.807) is 24.0 Å². The zero-order chi connectivity index (χ0) is 24.7. The Labute approximate surface area is 225 Å². The van der Waals surface area contributed by atoms with Crippen molar-refractivity contribution in [3.8, 4) is 0 Å². The molecule has 1 atom stereocenters. The molecule has 0 saturated carbocycles. The maximum Gasteiger partial charge on any atom is 0.129 e. The average molecular weight is 573 g/mol. The highest BCUT2D eigenvalue weighted by Gasteiger charge is 2.43. The van der Waals surface area contributed by atoms with E-state index in [0.717, 1.165) is 0 Å². The first kappa shape index (κ1) is 32.6. The lowest BCUT2D eigenvalue weighted by molar-refractivity contribution is 0.617. The number of rotatable bonds is 24. The molecule has 0 aliphatic carbocycles. The lowest BCUT2D eigenvalue weighted by Crippen LogP contribution is -2.08. The highest BCUT2D eigenvalue weighted by atomic mass is 79.9. The molecule has 0 spiro atoms. The minimum atomic E-state index is -0.938. The number of hydrogen-bond acceptors (Lipinski definition) is 0. The average Bonchev–Trinajstić information content (AvgIpc) is 2.85. The third kappa shape index (κ3) is 15.6. The Hall–Kier alpha value is 0.560. The molecular formula is C31H58BrP2+.